The molecular formula is C24H38O2. The summed E-state index contributed by atoms with van der Waals surface area (Å²) in [6.07, 6.45) is 26.6. The molecule has 3 aliphatic carbocycles. The maximum atomic E-state index is 11.7. The molecule has 0 amide bonds. The van der Waals surface area contributed by atoms with Gasteiger partial charge in [0.2, 0.25) is 0 Å². The van der Waals surface area contributed by atoms with E-state index in [0.717, 1.165) is 36.5 Å². The normalized spacial score (nSPS) is 34.3. The lowest BCUT2D eigenvalue weighted by molar-refractivity contribution is -0.147. The number of allylic oxidation sites excluding steroid dienone is 4. The maximum absolute atomic E-state index is 11.7. The Morgan fingerprint density at radius 1 is 0.692 bits per heavy atom. The monoisotopic (exact) mass is 358 g/mol. The molecule has 146 valence electrons. The van der Waals surface area contributed by atoms with Gasteiger partial charge in [-0.2, -0.15) is 0 Å². The van der Waals surface area contributed by atoms with Crippen LogP contribution in [-0.4, -0.2) is 13.1 Å². The van der Waals surface area contributed by atoms with E-state index in [1.165, 1.54) is 77.7 Å². The molecule has 2 heteroatoms. The van der Waals surface area contributed by atoms with Gasteiger partial charge in [-0.1, -0.05) is 43.6 Å². The van der Waals surface area contributed by atoms with Crippen LogP contribution < -0.4 is 0 Å². The highest BCUT2D eigenvalue weighted by atomic mass is 16.5. The fraction of sp³-hybridized carbons (Fsp3) is 0.792. The smallest absolute Gasteiger partial charge is 0.308 e. The summed E-state index contributed by atoms with van der Waals surface area (Å²) in [6.45, 7) is 0. The summed E-state index contributed by atoms with van der Waals surface area (Å²) in [5, 5.41) is 0. The van der Waals surface area contributed by atoms with Gasteiger partial charge in [-0.05, 0) is 87.9 Å². The quantitative estimate of drug-likeness (QED) is 0.416. The van der Waals surface area contributed by atoms with Crippen molar-refractivity contribution < 1.29 is 9.53 Å². The Bertz CT molecular complexity index is 470. The van der Waals surface area contributed by atoms with Gasteiger partial charge in [-0.25, -0.2) is 0 Å². The van der Waals surface area contributed by atoms with Gasteiger partial charge in [0.1, 0.15) is 0 Å². The minimum absolute atomic E-state index is 0.0126. The van der Waals surface area contributed by atoms with Gasteiger partial charge in [-0.15, -0.1) is 0 Å². The molecule has 26 heavy (non-hydrogen) atoms. The first-order chi connectivity index (χ1) is 12.8. The molecule has 0 radical (unpaired) electrons. The van der Waals surface area contributed by atoms with E-state index in [1.807, 2.05) is 0 Å². The van der Waals surface area contributed by atoms with Crippen molar-refractivity contribution in [1.29, 1.82) is 0 Å². The zero-order valence-corrected chi connectivity index (χ0v) is 16.7. The molecule has 3 fully saturated rings. The van der Waals surface area contributed by atoms with Crippen molar-refractivity contribution >= 4 is 5.97 Å². The summed E-state index contributed by atoms with van der Waals surface area (Å²) in [7, 11) is 1.52. The lowest BCUT2D eigenvalue weighted by Crippen LogP contribution is -2.28. The maximum Gasteiger partial charge on any atom is 0.308 e. The first-order valence-electron chi connectivity index (χ1n) is 11.2. The molecule has 0 aromatic carbocycles. The topological polar surface area (TPSA) is 26.3 Å². The second-order valence-corrected chi connectivity index (χ2v) is 8.98. The minimum Gasteiger partial charge on any atom is -0.469 e. The largest absolute Gasteiger partial charge is 0.469 e. The summed E-state index contributed by atoms with van der Waals surface area (Å²) in [5.74, 6) is 3.56. The van der Waals surface area contributed by atoms with Crippen LogP contribution in [0.3, 0.4) is 0 Å². The number of rotatable bonds is 5. The third-order valence-electron chi connectivity index (χ3n) is 7.32. The molecule has 2 nitrogen and oxygen atoms in total. The van der Waals surface area contributed by atoms with Crippen LogP contribution in [-0.2, 0) is 9.53 Å². The van der Waals surface area contributed by atoms with Crippen LogP contribution in [0.5, 0.6) is 0 Å². The van der Waals surface area contributed by atoms with E-state index in [-0.39, 0.29) is 11.9 Å². The Morgan fingerprint density at radius 2 is 1.19 bits per heavy atom. The van der Waals surface area contributed by atoms with E-state index in [0.29, 0.717) is 0 Å². The van der Waals surface area contributed by atoms with E-state index in [2.05, 4.69) is 24.3 Å². The molecule has 0 bridgehead atoms. The summed E-state index contributed by atoms with van der Waals surface area (Å²) < 4.78 is 4.92. The Hall–Kier alpha value is -1.05. The second kappa shape index (κ2) is 10.3. The summed E-state index contributed by atoms with van der Waals surface area (Å²) >= 11 is 0. The average Bonchev–Trinajstić information content (AvgIpc) is 2.72. The lowest BCUT2D eigenvalue weighted by Gasteiger charge is -2.36. The van der Waals surface area contributed by atoms with Gasteiger partial charge >= 0.3 is 5.97 Å². The van der Waals surface area contributed by atoms with Crippen LogP contribution in [0.2, 0.25) is 0 Å². The van der Waals surface area contributed by atoms with E-state index in [9.17, 15) is 4.79 Å². The first kappa shape index (κ1) is 19.7. The van der Waals surface area contributed by atoms with Crippen molar-refractivity contribution in [2.24, 2.45) is 29.6 Å². The number of carbonyl (C=O) groups excluding carboxylic acids is 1. The number of carbonyl (C=O) groups is 1. The molecule has 0 saturated heterocycles. The highest BCUT2D eigenvalue weighted by Gasteiger charge is 2.32. The molecule has 0 spiro atoms. The van der Waals surface area contributed by atoms with Crippen molar-refractivity contribution in [2.75, 3.05) is 7.11 Å². The van der Waals surface area contributed by atoms with Gasteiger partial charge in [0.25, 0.3) is 0 Å². The number of esters is 1. The Labute approximate surface area is 160 Å². The van der Waals surface area contributed by atoms with Crippen LogP contribution in [0.1, 0.15) is 83.5 Å². The van der Waals surface area contributed by atoms with Crippen LogP contribution in [0, 0.1) is 29.6 Å². The van der Waals surface area contributed by atoms with Gasteiger partial charge in [0, 0.05) is 0 Å². The van der Waals surface area contributed by atoms with Crippen LogP contribution in [0.4, 0.5) is 0 Å². The Kier molecular flexibility index (Phi) is 7.83. The van der Waals surface area contributed by atoms with Gasteiger partial charge in [-0.3, -0.25) is 4.79 Å². The Morgan fingerprint density at radius 3 is 1.73 bits per heavy atom. The highest BCUT2D eigenvalue weighted by Crippen LogP contribution is 2.41. The standard InChI is InChI=1S/C24H38O2/c1-26-24(25)23-17-15-22(16-18-23)21-13-11-20(12-14-21)10-6-5-9-19-7-3-2-4-8-19/h5-6,9-10,19-23H,2-4,7-8,11-18H2,1H3. The number of methoxy groups -OCH3 is 1. The van der Waals surface area contributed by atoms with Crippen molar-refractivity contribution in [1.82, 2.24) is 0 Å². The highest BCUT2D eigenvalue weighted by molar-refractivity contribution is 5.72. The molecule has 0 unspecified atom stereocenters. The molecule has 0 aliphatic heterocycles. The fourth-order valence-electron chi connectivity index (χ4n) is 5.57. The van der Waals surface area contributed by atoms with Gasteiger partial charge in [0.05, 0.1) is 13.0 Å². The lowest BCUT2D eigenvalue weighted by atomic mass is 9.69. The van der Waals surface area contributed by atoms with Crippen molar-refractivity contribution in [3.8, 4) is 0 Å². The van der Waals surface area contributed by atoms with E-state index in [4.69, 9.17) is 4.74 Å². The number of hydrogen-bond acceptors (Lipinski definition) is 2. The molecule has 0 N–H and O–H groups in total. The van der Waals surface area contributed by atoms with E-state index < -0.39 is 0 Å². The van der Waals surface area contributed by atoms with Crippen molar-refractivity contribution in [3.05, 3.63) is 24.3 Å². The van der Waals surface area contributed by atoms with E-state index >= 15 is 0 Å². The fourth-order valence-corrected chi connectivity index (χ4v) is 5.57. The first-order valence-corrected chi connectivity index (χ1v) is 11.2. The van der Waals surface area contributed by atoms with Gasteiger partial charge in [0.15, 0.2) is 0 Å². The molecule has 0 aromatic heterocycles. The van der Waals surface area contributed by atoms with Crippen molar-refractivity contribution in [3.63, 3.8) is 0 Å². The summed E-state index contributed by atoms with van der Waals surface area (Å²) in [4.78, 5) is 11.7. The SMILES string of the molecule is COC(=O)C1CCC(C2CCC(C=CC=CC3CCCCC3)CC2)CC1. The predicted octanol–water partition coefficient (Wildman–Crippen LogP) is 6.46. The second-order valence-electron chi connectivity index (χ2n) is 8.98. The van der Waals surface area contributed by atoms with Crippen LogP contribution >= 0.6 is 0 Å². The third-order valence-corrected chi connectivity index (χ3v) is 7.32. The zero-order valence-electron chi connectivity index (χ0n) is 16.7. The van der Waals surface area contributed by atoms with Gasteiger partial charge < -0.3 is 4.74 Å². The van der Waals surface area contributed by atoms with Crippen LogP contribution in [0.25, 0.3) is 0 Å². The number of hydrogen-bond donors (Lipinski definition) is 0. The zero-order chi connectivity index (χ0) is 18.2. The summed E-state index contributed by atoms with van der Waals surface area (Å²) in [6, 6.07) is 0. The third kappa shape index (κ3) is 5.72. The minimum atomic E-state index is 0.0126. The molecule has 0 heterocycles. The molecular weight excluding hydrogens is 320 g/mol. The average molecular weight is 359 g/mol. The molecule has 0 atom stereocenters. The summed E-state index contributed by atoms with van der Waals surface area (Å²) in [5.41, 5.74) is 0. The molecule has 0 aromatic rings. The van der Waals surface area contributed by atoms with Crippen molar-refractivity contribution in [2.45, 2.75) is 83.5 Å². The predicted molar refractivity (Wildman–Crippen MR) is 108 cm³/mol. The molecule has 3 saturated carbocycles. The van der Waals surface area contributed by atoms with E-state index in [1.54, 1.807) is 0 Å². The molecule has 3 rings (SSSR count). The number of ether oxygens (including phenoxy) is 1. The Balaban J connectivity index is 1.34. The molecule has 3 aliphatic rings. The van der Waals surface area contributed by atoms with Crippen LogP contribution in [0.15, 0.2) is 24.3 Å².